The monoisotopic (exact) mass is 509 g/mol. The first-order valence-electron chi connectivity index (χ1n) is 12.3. The molecule has 0 saturated heterocycles. The lowest BCUT2D eigenvalue weighted by Crippen LogP contribution is -1.97. The Morgan fingerprint density at radius 3 is 1.53 bits per heavy atom. The molecule has 2 aromatic heterocycles. The second-order valence-corrected chi connectivity index (χ2v) is 9.43. The van der Waals surface area contributed by atoms with Crippen molar-refractivity contribution in [3.63, 3.8) is 0 Å². The van der Waals surface area contributed by atoms with Crippen LogP contribution in [0.3, 0.4) is 0 Å². The second-order valence-electron chi connectivity index (χ2n) is 9.09. The van der Waals surface area contributed by atoms with Gasteiger partial charge in [0, 0.05) is 21.9 Å². The fourth-order valence-electron chi connectivity index (χ4n) is 4.80. The van der Waals surface area contributed by atoms with Crippen LogP contribution in [0.4, 0.5) is 0 Å². The maximum atomic E-state index is 6.41. The number of nitrogens with zero attached hydrogens (tertiary/aromatic N) is 3. The molecule has 0 aliphatic carbocycles. The van der Waals surface area contributed by atoms with Gasteiger partial charge in [0.1, 0.15) is 11.2 Å². The average Bonchev–Trinajstić information content (AvgIpc) is 3.35. The summed E-state index contributed by atoms with van der Waals surface area (Å²) in [5, 5.41) is 2.19. The molecule has 2 heterocycles. The van der Waals surface area contributed by atoms with E-state index in [0.29, 0.717) is 11.6 Å². The Labute approximate surface area is 224 Å². The molecular weight excluding hydrogens is 490 g/mol. The zero-order chi connectivity index (χ0) is 25.5. The molecule has 7 rings (SSSR count). The summed E-state index contributed by atoms with van der Waals surface area (Å²) < 4.78 is 6.13. The third-order valence-electron chi connectivity index (χ3n) is 6.67. The van der Waals surface area contributed by atoms with Gasteiger partial charge in [0.2, 0.25) is 5.28 Å². The van der Waals surface area contributed by atoms with Crippen LogP contribution in [0.25, 0.3) is 67.0 Å². The van der Waals surface area contributed by atoms with Gasteiger partial charge in [-0.1, -0.05) is 84.9 Å². The van der Waals surface area contributed by atoms with E-state index < -0.39 is 0 Å². The Morgan fingerprint density at radius 1 is 0.421 bits per heavy atom. The molecule has 0 radical (unpaired) electrons. The Hall–Kier alpha value is -4.80. The van der Waals surface area contributed by atoms with Crippen LogP contribution in [0.1, 0.15) is 0 Å². The van der Waals surface area contributed by atoms with Crippen molar-refractivity contribution in [3.05, 3.63) is 127 Å². The van der Waals surface area contributed by atoms with E-state index in [9.17, 15) is 0 Å². The molecule has 0 bridgehead atoms. The van der Waals surface area contributed by atoms with Gasteiger partial charge in [-0.25, -0.2) is 4.98 Å². The molecule has 0 fully saturated rings. The highest BCUT2D eigenvalue weighted by molar-refractivity contribution is 6.28. The smallest absolute Gasteiger partial charge is 0.226 e. The number of halogens is 1. The number of fused-ring (bicyclic) bond motifs is 3. The van der Waals surface area contributed by atoms with E-state index in [0.717, 1.165) is 55.3 Å². The summed E-state index contributed by atoms with van der Waals surface area (Å²) in [4.78, 5) is 13.7. The predicted octanol–water partition coefficient (Wildman–Crippen LogP) is 9.09. The van der Waals surface area contributed by atoms with Gasteiger partial charge in [0.05, 0.1) is 0 Å². The van der Waals surface area contributed by atoms with Gasteiger partial charge in [-0.2, -0.15) is 9.97 Å². The number of benzene rings is 5. The molecule has 38 heavy (non-hydrogen) atoms. The third-order valence-corrected chi connectivity index (χ3v) is 6.84. The molecule has 0 aliphatic heterocycles. The standard InChI is InChI=1S/C33H20ClN3O/c34-33-36-31(25-13-7-12-23(18-25)21-8-3-1-4-9-21)35-32(37-33)26-15-17-30-28(20-26)27-19-24(14-16-29(27)38-30)22-10-5-2-6-11-22/h1-20H. The van der Waals surface area contributed by atoms with Crippen molar-refractivity contribution in [2.24, 2.45) is 0 Å². The van der Waals surface area contributed by atoms with Crippen LogP contribution in [-0.2, 0) is 0 Å². The highest BCUT2D eigenvalue weighted by Gasteiger charge is 2.14. The van der Waals surface area contributed by atoms with Gasteiger partial charge in [-0.3, -0.25) is 0 Å². The number of furan rings is 1. The highest BCUT2D eigenvalue weighted by Crippen LogP contribution is 2.35. The van der Waals surface area contributed by atoms with Crippen LogP contribution in [-0.4, -0.2) is 15.0 Å². The summed E-state index contributed by atoms with van der Waals surface area (Å²) in [6.07, 6.45) is 0. The zero-order valence-corrected chi connectivity index (χ0v) is 20.9. The van der Waals surface area contributed by atoms with Crippen molar-refractivity contribution in [1.29, 1.82) is 0 Å². The molecule has 5 aromatic carbocycles. The van der Waals surface area contributed by atoms with Crippen molar-refractivity contribution in [2.75, 3.05) is 0 Å². The van der Waals surface area contributed by atoms with Crippen molar-refractivity contribution in [2.45, 2.75) is 0 Å². The Kier molecular flexibility index (Phi) is 5.46. The minimum Gasteiger partial charge on any atom is -0.456 e. The first-order valence-corrected chi connectivity index (χ1v) is 12.7. The number of hydrogen-bond acceptors (Lipinski definition) is 4. The van der Waals surface area contributed by atoms with Gasteiger partial charge in [-0.15, -0.1) is 0 Å². The first kappa shape index (κ1) is 22.4. The predicted molar refractivity (Wildman–Crippen MR) is 154 cm³/mol. The molecule has 0 saturated carbocycles. The molecular formula is C33H20ClN3O. The molecule has 0 atom stereocenters. The van der Waals surface area contributed by atoms with Crippen LogP contribution < -0.4 is 0 Å². The Balaban J connectivity index is 1.32. The van der Waals surface area contributed by atoms with Crippen molar-refractivity contribution in [1.82, 2.24) is 15.0 Å². The highest BCUT2D eigenvalue weighted by atomic mass is 35.5. The van der Waals surface area contributed by atoms with Crippen molar-refractivity contribution < 1.29 is 4.42 Å². The SMILES string of the molecule is Clc1nc(-c2cccc(-c3ccccc3)c2)nc(-c2ccc3oc4ccc(-c5ccccc5)cc4c3c2)n1. The minimum atomic E-state index is 0.152. The van der Waals surface area contributed by atoms with Crippen LogP contribution in [0.5, 0.6) is 0 Å². The molecule has 0 amide bonds. The van der Waals surface area contributed by atoms with Crippen molar-refractivity contribution >= 4 is 33.5 Å². The van der Waals surface area contributed by atoms with E-state index in [2.05, 4.69) is 64.6 Å². The van der Waals surface area contributed by atoms with E-state index in [1.54, 1.807) is 0 Å². The van der Waals surface area contributed by atoms with Gasteiger partial charge in [-0.05, 0) is 70.3 Å². The molecule has 5 heteroatoms. The molecule has 7 aromatic rings. The van der Waals surface area contributed by atoms with Crippen molar-refractivity contribution in [3.8, 4) is 45.0 Å². The van der Waals surface area contributed by atoms with Crippen LogP contribution in [0, 0.1) is 0 Å². The lowest BCUT2D eigenvalue weighted by Gasteiger charge is -2.07. The van der Waals surface area contributed by atoms with Gasteiger partial charge in [0.25, 0.3) is 0 Å². The fraction of sp³-hybridized carbons (Fsp3) is 0. The molecule has 0 spiro atoms. The largest absolute Gasteiger partial charge is 0.456 e. The Bertz CT molecular complexity index is 1930. The summed E-state index contributed by atoms with van der Waals surface area (Å²) in [5.41, 5.74) is 7.87. The van der Waals surface area contributed by atoms with E-state index >= 15 is 0 Å². The maximum absolute atomic E-state index is 6.41. The number of hydrogen-bond donors (Lipinski definition) is 0. The van der Waals surface area contributed by atoms with Crippen LogP contribution >= 0.6 is 11.6 Å². The second kappa shape index (κ2) is 9.25. The first-order chi connectivity index (χ1) is 18.7. The molecule has 4 nitrogen and oxygen atoms in total. The summed E-state index contributed by atoms with van der Waals surface area (Å²) in [6.45, 7) is 0. The number of rotatable bonds is 4. The molecule has 180 valence electrons. The van der Waals surface area contributed by atoms with E-state index in [1.165, 1.54) is 0 Å². The summed E-state index contributed by atoms with van der Waals surface area (Å²) in [5.74, 6) is 1.04. The number of aromatic nitrogens is 3. The summed E-state index contributed by atoms with van der Waals surface area (Å²) in [6, 6.07) is 40.9. The molecule has 0 unspecified atom stereocenters. The van der Waals surface area contributed by atoms with E-state index in [1.807, 2.05) is 66.7 Å². The molecule has 0 aliphatic rings. The minimum absolute atomic E-state index is 0.152. The maximum Gasteiger partial charge on any atom is 0.226 e. The van der Waals surface area contributed by atoms with E-state index in [4.69, 9.17) is 21.0 Å². The van der Waals surface area contributed by atoms with Gasteiger partial charge >= 0.3 is 0 Å². The van der Waals surface area contributed by atoms with Crippen LogP contribution in [0.2, 0.25) is 5.28 Å². The summed E-state index contributed by atoms with van der Waals surface area (Å²) >= 11 is 6.41. The normalized spacial score (nSPS) is 11.3. The van der Waals surface area contributed by atoms with E-state index in [-0.39, 0.29) is 5.28 Å². The average molecular weight is 510 g/mol. The topological polar surface area (TPSA) is 51.8 Å². The van der Waals surface area contributed by atoms with Gasteiger partial charge < -0.3 is 4.42 Å². The van der Waals surface area contributed by atoms with Crippen LogP contribution in [0.15, 0.2) is 126 Å². The summed E-state index contributed by atoms with van der Waals surface area (Å²) in [7, 11) is 0. The Morgan fingerprint density at radius 2 is 0.895 bits per heavy atom. The van der Waals surface area contributed by atoms with Gasteiger partial charge in [0.15, 0.2) is 11.6 Å². The lowest BCUT2D eigenvalue weighted by atomic mass is 10.0. The fourth-order valence-corrected chi connectivity index (χ4v) is 4.96. The quantitative estimate of drug-likeness (QED) is 0.237. The lowest BCUT2D eigenvalue weighted by molar-refractivity contribution is 0.669. The third kappa shape index (κ3) is 4.11. The molecule has 0 N–H and O–H groups in total. The zero-order valence-electron chi connectivity index (χ0n) is 20.2.